The van der Waals surface area contributed by atoms with Gasteiger partial charge in [0.2, 0.25) is 0 Å². The SMILES string of the molecule is C=CCCCCCC(Br)CCC. The van der Waals surface area contributed by atoms with Gasteiger partial charge in [-0.2, -0.15) is 0 Å². The molecule has 0 aromatic heterocycles. The molecule has 1 unspecified atom stereocenters. The highest BCUT2D eigenvalue weighted by molar-refractivity contribution is 9.09. The molecule has 0 fully saturated rings. The summed E-state index contributed by atoms with van der Waals surface area (Å²) >= 11 is 3.69. The highest BCUT2D eigenvalue weighted by Gasteiger charge is 2.00. The van der Waals surface area contributed by atoms with E-state index in [1.165, 1.54) is 44.9 Å². The molecule has 0 nitrogen and oxygen atoms in total. The molecule has 0 aliphatic carbocycles. The molecule has 0 saturated heterocycles. The van der Waals surface area contributed by atoms with Crippen LogP contribution in [0.3, 0.4) is 0 Å². The molecule has 0 N–H and O–H groups in total. The van der Waals surface area contributed by atoms with E-state index in [-0.39, 0.29) is 0 Å². The number of allylic oxidation sites excluding steroid dienone is 1. The van der Waals surface area contributed by atoms with Crippen molar-refractivity contribution in [3.05, 3.63) is 12.7 Å². The maximum Gasteiger partial charge on any atom is 0.0145 e. The molecule has 0 aromatic rings. The predicted octanol–water partition coefficient (Wildman–Crippen LogP) is 4.69. The Kier molecular flexibility index (Phi) is 9.48. The molecule has 1 heteroatoms. The molecule has 72 valence electrons. The first-order valence-electron chi connectivity index (χ1n) is 5.06. The van der Waals surface area contributed by atoms with Crippen molar-refractivity contribution in [1.82, 2.24) is 0 Å². The predicted molar refractivity (Wildman–Crippen MR) is 60.9 cm³/mol. The van der Waals surface area contributed by atoms with Gasteiger partial charge in [0.05, 0.1) is 0 Å². The lowest BCUT2D eigenvalue weighted by Crippen LogP contribution is -1.96. The summed E-state index contributed by atoms with van der Waals surface area (Å²) in [5.41, 5.74) is 0. The lowest BCUT2D eigenvalue weighted by atomic mass is 10.1. The lowest BCUT2D eigenvalue weighted by molar-refractivity contribution is 0.608. The average molecular weight is 233 g/mol. The van der Waals surface area contributed by atoms with E-state index in [0.29, 0.717) is 0 Å². The fourth-order valence-electron chi connectivity index (χ4n) is 1.29. The topological polar surface area (TPSA) is 0 Å². The van der Waals surface area contributed by atoms with Gasteiger partial charge in [-0.1, -0.05) is 48.2 Å². The minimum absolute atomic E-state index is 0.756. The van der Waals surface area contributed by atoms with Crippen LogP contribution in [0.5, 0.6) is 0 Å². The van der Waals surface area contributed by atoms with Crippen molar-refractivity contribution in [2.75, 3.05) is 0 Å². The van der Waals surface area contributed by atoms with Crippen LogP contribution in [0.15, 0.2) is 12.7 Å². The van der Waals surface area contributed by atoms with E-state index in [4.69, 9.17) is 0 Å². The van der Waals surface area contributed by atoms with Gasteiger partial charge in [-0.25, -0.2) is 0 Å². The summed E-state index contributed by atoms with van der Waals surface area (Å²) < 4.78 is 0. The molecule has 0 bridgehead atoms. The van der Waals surface area contributed by atoms with Gasteiger partial charge in [0, 0.05) is 4.83 Å². The van der Waals surface area contributed by atoms with Gasteiger partial charge in [-0.05, 0) is 25.7 Å². The van der Waals surface area contributed by atoms with Gasteiger partial charge >= 0.3 is 0 Å². The maximum absolute atomic E-state index is 3.71. The van der Waals surface area contributed by atoms with Gasteiger partial charge in [-0.15, -0.1) is 6.58 Å². The average Bonchev–Trinajstić information content (AvgIpc) is 2.05. The zero-order valence-corrected chi connectivity index (χ0v) is 9.78. The van der Waals surface area contributed by atoms with Gasteiger partial charge in [0.15, 0.2) is 0 Å². The smallest absolute Gasteiger partial charge is 0.0145 e. The van der Waals surface area contributed by atoms with E-state index >= 15 is 0 Å². The van der Waals surface area contributed by atoms with Crippen molar-refractivity contribution < 1.29 is 0 Å². The summed E-state index contributed by atoms with van der Waals surface area (Å²) in [5.74, 6) is 0. The fourth-order valence-corrected chi connectivity index (χ4v) is 2.07. The number of rotatable bonds is 8. The molecule has 0 rings (SSSR count). The minimum atomic E-state index is 0.756. The van der Waals surface area contributed by atoms with Crippen LogP contribution in [0, 0.1) is 0 Å². The Morgan fingerprint density at radius 2 is 2.00 bits per heavy atom. The second-order valence-corrected chi connectivity index (χ2v) is 4.61. The Labute approximate surface area is 85.6 Å². The summed E-state index contributed by atoms with van der Waals surface area (Å²) in [6.45, 7) is 5.96. The van der Waals surface area contributed by atoms with Crippen LogP contribution in [0.2, 0.25) is 0 Å². The van der Waals surface area contributed by atoms with Crippen LogP contribution in [0.4, 0.5) is 0 Å². The van der Waals surface area contributed by atoms with Crippen LogP contribution >= 0.6 is 15.9 Å². The molecule has 0 aliphatic heterocycles. The molecule has 0 aliphatic rings. The molecular weight excluding hydrogens is 212 g/mol. The van der Waals surface area contributed by atoms with Crippen LogP contribution in [-0.4, -0.2) is 4.83 Å². The quantitative estimate of drug-likeness (QED) is 0.324. The summed E-state index contributed by atoms with van der Waals surface area (Å²) in [6.07, 6.45) is 11.2. The third-order valence-electron chi connectivity index (χ3n) is 2.03. The van der Waals surface area contributed by atoms with Crippen LogP contribution in [-0.2, 0) is 0 Å². The summed E-state index contributed by atoms with van der Waals surface area (Å²) in [4.78, 5) is 0.756. The van der Waals surface area contributed by atoms with Gasteiger partial charge in [0.25, 0.3) is 0 Å². The second kappa shape index (κ2) is 9.31. The molecule has 0 saturated carbocycles. The summed E-state index contributed by atoms with van der Waals surface area (Å²) in [7, 11) is 0. The molecule has 1 atom stereocenters. The molecule has 0 radical (unpaired) electrons. The van der Waals surface area contributed by atoms with E-state index in [1.54, 1.807) is 0 Å². The van der Waals surface area contributed by atoms with Gasteiger partial charge in [-0.3, -0.25) is 0 Å². The van der Waals surface area contributed by atoms with Crippen molar-refractivity contribution in [2.45, 2.75) is 56.7 Å². The first-order valence-corrected chi connectivity index (χ1v) is 5.97. The van der Waals surface area contributed by atoms with E-state index in [0.717, 1.165) is 4.83 Å². The number of hydrogen-bond donors (Lipinski definition) is 0. The second-order valence-electron chi connectivity index (χ2n) is 3.31. The standard InChI is InChI=1S/C11H21Br/c1-3-5-6-7-8-10-11(12)9-4-2/h3,11H,1,4-10H2,2H3. The number of alkyl halides is 1. The lowest BCUT2D eigenvalue weighted by Gasteiger charge is -2.06. The van der Waals surface area contributed by atoms with E-state index < -0.39 is 0 Å². The highest BCUT2D eigenvalue weighted by atomic mass is 79.9. The first-order chi connectivity index (χ1) is 5.81. The highest BCUT2D eigenvalue weighted by Crippen LogP contribution is 2.16. The Balaban J connectivity index is 3.02. The normalized spacial score (nSPS) is 12.8. The third-order valence-corrected chi connectivity index (χ3v) is 2.94. The van der Waals surface area contributed by atoms with Crippen molar-refractivity contribution in [2.24, 2.45) is 0 Å². The number of unbranched alkanes of at least 4 members (excludes halogenated alkanes) is 3. The van der Waals surface area contributed by atoms with Gasteiger partial charge in [0.1, 0.15) is 0 Å². The monoisotopic (exact) mass is 232 g/mol. The van der Waals surface area contributed by atoms with Crippen molar-refractivity contribution >= 4 is 15.9 Å². The molecule has 0 spiro atoms. The first kappa shape index (κ1) is 12.2. The van der Waals surface area contributed by atoms with Crippen molar-refractivity contribution in [1.29, 1.82) is 0 Å². The summed E-state index contributed by atoms with van der Waals surface area (Å²) in [6, 6.07) is 0. The van der Waals surface area contributed by atoms with E-state index in [9.17, 15) is 0 Å². The van der Waals surface area contributed by atoms with Gasteiger partial charge < -0.3 is 0 Å². The Bertz CT molecular complexity index is 99.2. The Morgan fingerprint density at radius 3 is 2.58 bits per heavy atom. The zero-order chi connectivity index (χ0) is 9.23. The van der Waals surface area contributed by atoms with Crippen LogP contribution in [0.1, 0.15) is 51.9 Å². The van der Waals surface area contributed by atoms with Crippen LogP contribution < -0.4 is 0 Å². The summed E-state index contributed by atoms with van der Waals surface area (Å²) in [5, 5.41) is 0. The van der Waals surface area contributed by atoms with E-state index in [2.05, 4.69) is 29.4 Å². The van der Waals surface area contributed by atoms with E-state index in [1.807, 2.05) is 6.08 Å². The number of hydrogen-bond acceptors (Lipinski definition) is 0. The maximum atomic E-state index is 3.71. The molecular formula is C11H21Br. The zero-order valence-electron chi connectivity index (χ0n) is 8.19. The molecule has 0 aromatic carbocycles. The van der Waals surface area contributed by atoms with Crippen molar-refractivity contribution in [3.8, 4) is 0 Å². The molecule has 0 amide bonds. The Morgan fingerprint density at radius 1 is 1.25 bits per heavy atom. The molecule has 0 heterocycles. The number of halogens is 1. The fraction of sp³-hybridized carbons (Fsp3) is 0.818. The Hall–Kier alpha value is 0.220. The largest absolute Gasteiger partial charge is 0.103 e. The van der Waals surface area contributed by atoms with Crippen molar-refractivity contribution in [3.63, 3.8) is 0 Å². The van der Waals surface area contributed by atoms with Crippen LogP contribution in [0.25, 0.3) is 0 Å². The third kappa shape index (κ3) is 8.32. The molecule has 12 heavy (non-hydrogen) atoms. The minimum Gasteiger partial charge on any atom is -0.103 e.